The molecule has 0 spiro atoms. The Morgan fingerprint density at radius 2 is 1.89 bits per heavy atom. The second-order valence-corrected chi connectivity index (χ2v) is 11.0. The summed E-state index contributed by atoms with van der Waals surface area (Å²) >= 11 is 8.40. The molecule has 2 heterocycles. The maximum Gasteiger partial charge on any atom is 0.262 e. The van der Waals surface area contributed by atoms with E-state index < -0.39 is 0 Å². The lowest BCUT2D eigenvalue weighted by Crippen LogP contribution is -2.41. The molecular weight excluding hydrogens is 492 g/mol. The van der Waals surface area contributed by atoms with Crippen molar-refractivity contribution in [2.45, 2.75) is 56.9 Å². The second-order valence-electron chi connectivity index (χ2n) is 9.37. The number of amides is 1. The van der Waals surface area contributed by atoms with Crippen LogP contribution < -0.4 is 10.5 Å². The van der Waals surface area contributed by atoms with E-state index in [2.05, 4.69) is 28.2 Å². The van der Waals surface area contributed by atoms with E-state index in [0.717, 1.165) is 48.1 Å². The Balaban J connectivity index is 1.49. The Morgan fingerprint density at radius 3 is 2.61 bits per heavy atom. The highest BCUT2D eigenvalue weighted by atomic mass is 35.5. The lowest BCUT2D eigenvalue weighted by molar-refractivity contribution is -0.130. The first-order valence-electron chi connectivity index (χ1n) is 12.6. The van der Waals surface area contributed by atoms with E-state index in [-0.39, 0.29) is 29.1 Å². The van der Waals surface area contributed by atoms with Crippen LogP contribution in [-0.4, -0.2) is 38.7 Å². The van der Waals surface area contributed by atoms with Crippen LogP contribution in [-0.2, 0) is 11.3 Å². The molecule has 1 amide bonds. The van der Waals surface area contributed by atoms with E-state index in [1.165, 1.54) is 6.42 Å². The summed E-state index contributed by atoms with van der Waals surface area (Å²) in [6.45, 7) is 2.97. The number of carbonyl (C=O) groups is 1. The number of carbonyl (C=O) groups excluding carboxylic acids is 1. The number of halogens is 1. The van der Waals surface area contributed by atoms with Crippen molar-refractivity contribution in [2.75, 3.05) is 12.3 Å². The molecule has 2 atom stereocenters. The van der Waals surface area contributed by atoms with E-state index in [4.69, 9.17) is 22.1 Å². The molecule has 188 valence electrons. The smallest absolute Gasteiger partial charge is 0.262 e. The number of hydrogen-bond acceptors (Lipinski definition) is 6. The summed E-state index contributed by atoms with van der Waals surface area (Å²) in [7, 11) is 0. The van der Waals surface area contributed by atoms with Crippen LogP contribution in [0.4, 0.5) is 5.95 Å². The molecule has 8 heteroatoms. The number of nitrogens with zero attached hydrogens (tertiary/aromatic N) is 3. The number of thioether (sulfide) groups is 1. The van der Waals surface area contributed by atoms with Gasteiger partial charge in [0.1, 0.15) is 5.75 Å². The van der Waals surface area contributed by atoms with Gasteiger partial charge in [-0.25, -0.2) is 9.97 Å². The van der Waals surface area contributed by atoms with E-state index in [9.17, 15) is 4.79 Å². The fourth-order valence-corrected chi connectivity index (χ4v) is 6.94. The van der Waals surface area contributed by atoms with Gasteiger partial charge in [-0.3, -0.25) is 4.79 Å². The number of nitrogens with two attached hydrogens (primary N) is 1. The minimum absolute atomic E-state index is 0.0248. The van der Waals surface area contributed by atoms with Crippen molar-refractivity contribution in [3.05, 3.63) is 70.4 Å². The Morgan fingerprint density at radius 1 is 1.14 bits per heavy atom. The number of aromatic nitrogens is 2. The van der Waals surface area contributed by atoms with Gasteiger partial charge in [-0.05, 0) is 37.5 Å². The predicted octanol–water partition coefficient (Wildman–Crippen LogP) is 6.09. The van der Waals surface area contributed by atoms with Gasteiger partial charge in [0.05, 0.1) is 11.5 Å². The maximum atomic E-state index is 14.1. The topological polar surface area (TPSA) is 81.3 Å². The minimum atomic E-state index is 0.0248. The summed E-state index contributed by atoms with van der Waals surface area (Å²) in [5.41, 5.74) is 8.46. The van der Waals surface area contributed by atoms with Crippen molar-refractivity contribution >= 4 is 35.2 Å². The fraction of sp³-hybridized carbons (Fsp3) is 0.393. The van der Waals surface area contributed by atoms with Crippen LogP contribution in [0.5, 0.6) is 5.75 Å². The zero-order valence-electron chi connectivity index (χ0n) is 20.4. The maximum absolute atomic E-state index is 14.1. The average molecular weight is 523 g/mol. The standard InChI is InChI=1S/C28H31ClN4O2S/c1-2-35-23-13-12-18(20-15-31-28(30)32-16-20)14-19(23)17-33(21-8-4-3-5-9-21)27(34)26-25(29)22-10-6-7-11-24(22)36-26/h6-7,10-16,21-22,24H,2-5,8-9,17H2,1H3,(H2,30,31,32). The normalized spacial score (nSPS) is 21.5. The number of nitrogen functional groups attached to an aromatic ring is 1. The number of ether oxygens (including phenoxy) is 1. The highest BCUT2D eigenvalue weighted by Crippen LogP contribution is 2.48. The van der Waals surface area contributed by atoms with Crippen molar-refractivity contribution in [1.82, 2.24) is 14.9 Å². The molecule has 1 aromatic carbocycles. The van der Waals surface area contributed by atoms with Crippen LogP contribution in [0.25, 0.3) is 11.1 Å². The Labute approximate surface area is 221 Å². The Kier molecular flexibility index (Phi) is 7.67. The van der Waals surface area contributed by atoms with Crippen LogP contribution in [0.2, 0.25) is 0 Å². The third kappa shape index (κ3) is 5.18. The van der Waals surface area contributed by atoms with Gasteiger partial charge in [0.2, 0.25) is 5.95 Å². The molecule has 2 N–H and O–H groups in total. The third-order valence-electron chi connectivity index (χ3n) is 7.02. The molecule has 5 rings (SSSR count). The van der Waals surface area contributed by atoms with E-state index >= 15 is 0 Å². The molecule has 6 nitrogen and oxygen atoms in total. The summed E-state index contributed by atoms with van der Waals surface area (Å²) < 4.78 is 5.99. The summed E-state index contributed by atoms with van der Waals surface area (Å²) in [6.07, 6.45) is 17.2. The summed E-state index contributed by atoms with van der Waals surface area (Å²) in [5.74, 6) is 1.12. The van der Waals surface area contributed by atoms with Gasteiger partial charge in [0.15, 0.2) is 0 Å². The van der Waals surface area contributed by atoms with Crippen LogP contribution in [0.3, 0.4) is 0 Å². The van der Waals surface area contributed by atoms with E-state index in [1.807, 2.05) is 36.1 Å². The monoisotopic (exact) mass is 522 g/mol. The van der Waals surface area contributed by atoms with Crippen molar-refractivity contribution in [3.63, 3.8) is 0 Å². The molecule has 2 unspecified atom stereocenters. The van der Waals surface area contributed by atoms with Crippen molar-refractivity contribution in [1.29, 1.82) is 0 Å². The SMILES string of the molecule is CCOc1ccc(-c2cnc(N)nc2)cc1CN(C(=O)C1=C(Cl)C2C=CC=CC2S1)C1CCCCC1. The molecule has 1 aliphatic heterocycles. The van der Waals surface area contributed by atoms with Crippen LogP contribution in [0, 0.1) is 5.92 Å². The highest BCUT2D eigenvalue weighted by molar-refractivity contribution is 8.05. The Bertz CT molecular complexity index is 1200. The van der Waals surface area contributed by atoms with E-state index in [0.29, 0.717) is 23.1 Å². The van der Waals surface area contributed by atoms with Crippen LogP contribution in [0.15, 0.2) is 64.8 Å². The molecule has 0 radical (unpaired) electrons. The summed E-state index contributed by atoms with van der Waals surface area (Å²) in [6, 6.07) is 6.21. The van der Waals surface area contributed by atoms with Gasteiger partial charge in [0, 0.05) is 52.3 Å². The van der Waals surface area contributed by atoms with Crippen LogP contribution >= 0.6 is 23.4 Å². The third-order valence-corrected chi connectivity index (χ3v) is 8.93. The fourth-order valence-electron chi connectivity index (χ4n) is 5.16. The Hall–Kier alpha value is -2.77. The van der Waals surface area contributed by atoms with E-state index in [1.54, 1.807) is 24.2 Å². The molecule has 2 aliphatic carbocycles. The van der Waals surface area contributed by atoms with Crippen molar-refractivity contribution < 1.29 is 9.53 Å². The number of fused-ring (bicyclic) bond motifs is 1. The number of hydrogen-bond donors (Lipinski definition) is 1. The average Bonchev–Trinajstić information content (AvgIpc) is 3.25. The zero-order chi connectivity index (χ0) is 25.1. The first kappa shape index (κ1) is 24.9. The first-order chi connectivity index (χ1) is 17.5. The number of allylic oxidation sites excluding steroid dienone is 4. The van der Waals surface area contributed by atoms with Gasteiger partial charge in [-0.1, -0.05) is 61.2 Å². The molecule has 2 aromatic rings. The minimum Gasteiger partial charge on any atom is -0.494 e. The first-order valence-corrected chi connectivity index (χ1v) is 13.9. The molecule has 1 aromatic heterocycles. The quantitative estimate of drug-likeness (QED) is 0.473. The predicted molar refractivity (Wildman–Crippen MR) is 147 cm³/mol. The highest BCUT2D eigenvalue weighted by Gasteiger charge is 2.39. The van der Waals surface area contributed by atoms with Gasteiger partial charge < -0.3 is 15.4 Å². The second kappa shape index (κ2) is 11.1. The van der Waals surface area contributed by atoms with Gasteiger partial charge in [-0.15, -0.1) is 11.8 Å². The summed E-state index contributed by atoms with van der Waals surface area (Å²) in [4.78, 5) is 25.1. The molecule has 0 saturated heterocycles. The molecule has 1 fully saturated rings. The van der Waals surface area contributed by atoms with Crippen molar-refractivity contribution in [2.24, 2.45) is 5.92 Å². The largest absolute Gasteiger partial charge is 0.494 e. The molecule has 0 bridgehead atoms. The molecule has 3 aliphatic rings. The molecule has 1 saturated carbocycles. The van der Waals surface area contributed by atoms with Crippen molar-refractivity contribution in [3.8, 4) is 16.9 Å². The van der Waals surface area contributed by atoms with Gasteiger partial charge in [0.25, 0.3) is 5.91 Å². The number of anilines is 1. The van der Waals surface area contributed by atoms with Gasteiger partial charge >= 0.3 is 0 Å². The van der Waals surface area contributed by atoms with Crippen LogP contribution in [0.1, 0.15) is 44.6 Å². The lowest BCUT2D eigenvalue weighted by Gasteiger charge is -2.35. The lowest BCUT2D eigenvalue weighted by atomic mass is 9.93. The molecular formula is C28H31ClN4O2S. The van der Waals surface area contributed by atoms with Gasteiger partial charge in [-0.2, -0.15) is 0 Å². The summed E-state index contributed by atoms with van der Waals surface area (Å²) in [5, 5.41) is 0.844. The zero-order valence-corrected chi connectivity index (χ0v) is 22.0. The number of benzene rings is 1. The number of rotatable bonds is 7. The molecule has 36 heavy (non-hydrogen) atoms.